The number of hydrogen-bond donors (Lipinski definition) is 2. The average molecular weight is 553 g/mol. The summed E-state index contributed by atoms with van der Waals surface area (Å²) in [5.41, 5.74) is 4.48. The molecule has 0 radical (unpaired) electrons. The Kier molecular flexibility index (Phi) is 7.93. The second-order valence-electron chi connectivity index (χ2n) is 9.13. The standard InChI is InChI=1S/C31H25FN4O3S/c1-36(23-14-15-28-26(18-23)33-19-40-28)31(39)27(16-20-8-3-2-4-9-20)35-30(38)22-11-7-10-21(17-22)29(37)34-25-13-6-5-12-24(25)32/h2-15,17-19,27H,16H2,1H3,(H,34,37)(H,35,38)/t27-/m0/s1. The number of anilines is 2. The van der Waals surface area contributed by atoms with Crippen LogP contribution in [0.2, 0.25) is 0 Å². The Morgan fingerprint density at radius 2 is 1.60 bits per heavy atom. The van der Waals surface area contributed by atoms with E-state index in [1.165, 1.54) is 46.6 Å². The molecule has 0 saturated carbocycles. The van der Waals surface area contributed by atoms with Gasteiger partial charge in [-0.05, 0) is 54.1 Å². The normalized spacial score (nSPS) is 11.6. The summed E-state index contributed by atoms with van der Waals surface area (Å²) in [5, 5.41) is 5.37. The van der Waals surface area contributed by atoms with E-state index in [0.717, 1.165) is 15.8 Å². The molecule has 1 atom stereocenters. The molecule has 1 aromatic heterocycles. The van der Waals surface area contributed by atoms with Crippen LogP contribution in [0.15, 0.2) is 103 Å². The monoisotopic (exact) mass is 552 g/mol. The number of amides is 3. The van der Waals surface area contributed by atoms with Gasteiger partial charge in [-0.2, -0.15) is 0 Å². The third kappa shape index (κ3) is 6.05. The van der Waals surface area contributed by atoms with Crippen LogP contribution in [0.1, 0.15) is 26.3 Å². The lowest BCUT2D eigenvalue weighted by molar-refractivity contribution is -0.120. The van der Waals surface area contributed by atoms with Crippen molar-refractivity contribution in [1.29, 1.82) is 0 Å². The highest BCUT2D eigenvalue weighted by Gasteiger charge is 2.26. The Morgan fingerprint density at radius 3 is 2.38 bits per heavy atom. The van der Waals surface area contributed by atoms with Crippen LogP contribution in [0.3, 0.4) is 0 Å². The van der Waals surface area contributed by atoms with Crippen molar-refractivity contribution in [2.24, 2.45) is 0 Å². The first-order valence-corrected chi connectivity index (χ1v) is 13.4. The van der Waals surface area contributed by atoms with Crippen molar-refractivity contribution >= 4 is 50.6 Å². The fraction of sp³-hybridized carbons (Fsp3) is 0.0968. The first kappa shape index (κ1) is 26.7. The summed E-state index contributed by atoms with van der Waals surface area (Å²) in [6, 6.07) is 26.0. The maximum atomic E-state index is 14.0. The second-order valence-corrected chi connectivity index (χ2v) is 10.0. The average Bonchev–Trinajstić information content (AvgIpc) is 3.46. The van der Waals surface area contributed by atoms with Crippen molar-refractivity contribution in [3.63, 3.8) is 0 Å². The van der Waals surface area contributed by atoms with Gasteiger partial charge in [0, 0.05) is 30.3 Å². The minimum atomic E-state index is -0.887. The van der Waals surface area contributed by atoms with Gasteiger partial charge in [0.2, 0.25) is 5.91 Å². The van der Waals surface area contributed by atoms with Crippen molar-refractivity contribution in [3.8, 4) is 0 Å². The highest BCUT2D eigenvalue weighted by Crippen LogP contribution is 2.24. The number of halogens is 1. The molecule has 0 aliphatic rings. The predicted molar refractivity (Wildman–Crippen MR) is 155 cm³/mol. The molecule has 0 spiro atoms. The lowest BCUT2D eigenvalue weighted by atomic mass is 10.0. The number of hydrogen-bond acceptors (Lipinski definition) is 5. The maximum Gasteiger partial charge on any atom is 0.255 e. The van der Waals surface area contributed by atoms with Gasteiger partial charge in [-0.25, -0.2) is 9.37 Å². The number of rotatable bonds is 8. The molecule has 3 amide bonds. The van der Waals surface area contributed by atoms with Crippen molar-refractivity contribution in [3.05, 3.63) is 125 Å². The Labute approximate surface area is 234 Å². The molecule has 0 saturated heterocycles. The summed E-state index contributed by atoms with van der Waals surface area (Å²) < 4.78 is 15.0. The summed E-state index contributed by atoms with van der Waals surface area (Å²) in [5.74, 6) is -1.95. The van der Waals surface area contributed by atoms with E-state index in [9.17, 15) is 18.8 Å². The number of aromatic nitrogens is 1. The number of nitrogens with one attached hydrogen (secondary N) is 2. The van der Waals surface area contributed by atoms with Crippen molar-refractivity contribution in [2.75, 3.05) is 17.3 Å². The van der Waals surface area contributed by atoms with Gasteiger partial charge in [0.15, 0.2) is 0 Å². The van der Waals surface area contributed by atoms with E-state index in [0.29, 0.717) is 5.69 Å². The second kappa shape index (κ2) is 11.9. The lowest BCUT2D eigenvalue weighted by Crippen LogP contribution is -2.48. The minimum Gasteiger partial charge on any atom is -0.340 e. The summed E-state index contributed by atoms with van der Waals surface area (Å²) in [4.78, 5) is 45.6. The zero-order valence-corrected chi connectivity index (χ0v) is 22.3. The van der Waals surface area contributed by atoms with Gasteiger partial charge in [0.05, 0.1) is 21.4 Å². The molecule has 7 nitrogen and oxygen atoms in total. The molecule has 0 fully saturated rings. The van der Waals surface area contributed by atoms with Gasteiger partial charge in [0.1, 0.15) is 11.9 Å². The molecule has 9 heteroatoms. The zero-order valence-electron chi connectivity index (χ0n) is 21.5. The quantitative estimate of drug-likeness (QED) is 0.259. The summed E-state index contributed by atoms with van der Waals surface area (Å²) in [7, 11) is 1.66. The van der Waals surface area contributed by atoms with E-state index in [4.69, 9.17) is 0 Å². The molecule has 5 aromatic rings. The number of thiazole rings is 1. The molecule has 5 rings (SSSR count). The van der Waals surface area contributed by atoms with Crippen LogP contribution in [-0.4, -0.2) is 35.8 Å². The number of nitrogens with zero attached hydrogens (tertiary/aromatic N) is 2. The van der Waals surface area contributed by atoms with E-state index in [-0.39, 0.29) is 29.1 Å². The summed E-state index contributed by atoms with van der Waals surface area (Å²) in [6.07, 6.45) is 0.266. The van der Waals surface area contributed by atoms with Crippen molar-refractivity contribution in [1.82, 2.24) is 10.3 Å². The van der Waals surface area contributed by atoms with E-state index in [1.807, 2.05) is 48.5 Å². The van der Waals surface area contributed by atoms with Gasteiger partial charge in [-0.1, -0.05) is 48.5 Å². The minimum absolute atomic E-state index is 0.0368. The van der Waals surface area contributed by atoms with Crippen LogP contribution >= 0.6 is 11.3 Å². The third-order valence-electron chi connectivity index (χ3n) is 6.43. The molecular weight excluding hydrogens is 527 g/mol. The molecule has 0 bridgehead atoms. The van der Waals surface area contributed by atoms with Crippen molar-refractivity contribution < 1.29 is 18.8 Å². The Balaban J connectivity index is 1.36. The Morgan fingerprint density at radius 1 is 0.875 bits per heavy atom. The number of carbonyl (C=O) groups is 3. The van der Waals surface area contributed by atoms with Crippen LogP contribution in [-0.2, 0) is 11.2 Å². The molecular formula is C31H25FN4O3S. The first-order valence-electron chi connectivity index (χ1n) is 12.5. The van der Waals surface area contributed by atoms with Gasteiger partial charge >= 0.3 is 0 Å². The molecule has 1 heterocycles. The third-order valence-corrected chi connectivity index (χ3v) is 7.24. The molecule has 0 aliphatic heterocycles. The maximum absolute atomic E-state index is 14.0. The highest BCUT2D eigenvalue weighted by atomic mass is 32.1. The molecule has 2 N–H and O–H groups in total. The van der Waals surface area contributed by atoms with E-state index in [2.05, 4.69) is 15.6 Å². The topological polar surface area (TPSA) is 91.4 Å². The van der Waals surface area contributed by atoms with Crippen LogP contribution in [0, 0.1) is 5.82 Å². The zero-order chi connectivity index (χ0) is 28.1. The molecule has 40 heavy (non-hydrogen) atoms. The van der Waals surface area contributed by atoms with E-state index < -0.39 is 23.7 Å². The van der Waals surface area contributed by atoms with Crippen LogP contribution in [0.4, 0.5) is 15.8 Å². The van der Waals surface area contributed by atoms with Gasteiger partial charge < -0.3 is 15.5 Å². The SMILES string of the molecule is CN(C(=O)[C@H](Cc1ccccc1)NC(=O)c1cccc(C(=O)Nc2ccccc2F)c1)c1ccc2scnc2c1. The van der Waals surface area contributed by atoms with Crippen LogP contribution < -0.4 is 15.5 Å². The Bertz CT molecular complexity index is 1690. The molecule has 200 valence electrons. The fourth-order valence-corrected chi connectivity index (χ4v) is 4.92. The van der Waals surface area contributed by atoms with E-state index in [1.54, 1.807) is 30.8 Å². The predicted octanol–water partition coefficient (Wildman–Crippen LogP) is 5.69. The highest BCUT2D eigenvalue weighted by molar-refractivity contribution is 7.16. The Hall–Kier alpha value is -4.89. The van der Waals surface area contributed by atoms with Gasteiger partial charge in [-0.3, -0.25) is 14.4 Å². The fourth-order valence-electron chi connectivity index (χ4n) is 4.27. The summed E-state index contributed by atoms with van der Waals surface area (Å²) in [6.45, 7) is 0. The van der Waals surface area contributed by atoms with Crippen LogP contribution in [0.5, 0.6) is 0 Å². The first-order chi connectivity index (χ1) is 19.4. The molecule has 0 unspecified atom stereocenters. The van der Waals surface area contributed by atoms with Gasteiger partial charge in [-0.15, -0.1) is 11.3 Å². The van der Waals surface area contributed by atoms with Crippen molar-refractivity contribution in [2.45, 2.75) is 12.5 Å². The number of benzene rings is 4. The number of carbonyl (C=O) groups excluding carboxylic acids is 3. The number of fused-ring (bicyclic) bond motifs is 1. The van der Waals surface area contributed by atoms with E-state index >= 15 is 0 Å². The van der Waals surface area contributed by atoms with Crippen LogP contribution in [0.25, 0.3) is 10.2 Å². The molecule has 4 aromatic carbocycles. The molecule has 0 aliphatic carbocycles. The smallest absolute Gasteiger partial charge is 0.255 e. The number of para-hydroxylation sites is 1. The lowest BCUT2D eigenvalue weighted by Gasteiger charge is -2.25. The van der Waals surface area contributed by atoms with Gasteiger partial charge in [0.25, 0.3) is 11.8 Å². The summed E-state index contributed by atoms with van der Waals surface area (Å²) >= 11 is 1.52. The number of likely N-dealkylation sites (N-methyl/N-ethyl adjacent to an activating group) is 1. The largest absolute Gasteiger partial charge is 0.340 e.